The van der Waals surface area contributed by atoms with Crippen molar-refractivity contribution in [2.24, 2.45) is 5.92 Å². The summed E-state index contributed by atoms with van der Waals surface area (Å²) in [6.07, 6.45) is 4.30. The van der Waals surface area contributed by atoms with Gasteiger partial charge in [0.2, 0.25) is 0 Å². The van der Waals surface area contributed by atoms with Crippen molar-refractivity contribution in [2.75, 3.05) is 32.9 Å². The fraction of sp³-hybridized carbons (Fsp3) is 0.769. The van der Waals surface area contributed by atoms with Gasteiger partial charge in [0.25, 0.3) is 0 Å². The smallest absolute Gasteiger partial charge is 0.330 e. The molecule has 0 rings (SSSR count). The standard InChI is InChI=1S/C13H25NO3/c1-4-17-13(15)6-5-8-14-9-11-16-10-7-12(2)3/h5-6,12,14H,4,7-11H2,1-3H3/b6-5+. The Morgan fingerprint density at radius 2 is 2.12 bits per heavy atom. The number of rotatable bonds is 10. The minimum absolute atomic E-state index is 0.289. The van der Waals surface area contributed by atoms with Crippen LogP contribution in [0.1, 0.15) is 27.2 Å². The molecule has 0 fully saturated rings. The fourth-order valence-corrected chi connectivity index (χ4v) is 1.10. The topological polar surface area (TPSA) is 47.6 Å². The van der Waals surface area contributed by atoms with Crippen LogP contribution < -0.4 is 5.32 Å². The van der Waals surface area contributed by atoms with E-state index in [1.54, 1.807) is 13.0 Å². The molecule has 0 aliphatic carbocycles. The zero-order chi connectivity index (χ0) is 12.9. The lowest BCUT2D eigenvalue weighted by molar-refractivity contribution is -0.137. The summed E-state index contributed by atoms with van der Waals surface area (Å²) in [7, 11) is 0. The SMILES string of the molecule is CCOC(=O)/C=C/CNCCOCCC(C)C. The Balaban J connectivity index is 3.20. The van der Waals surface area contributed by atoms with Crippen LogP contribution in [-0.2, 0) is 14.3 Å². The number of esters is 1. The minimum Gasteiger partial charge on any atom is -0.463 e. The van der Waals surface area contributed by atoms with Crippen LogP contribution in [0.15, 0.2) is 12.2 Å². The summed E-state index contributed by atoms with van der Waals surface area (Å²) in [6, 6.07) is 0. The van der Waals surface area contributed by atoms with Crippen LogP contribution in [0.2, 0.25) is 0 Å². The Labute approximate surface area is 104 Å². The minimum atomic E-state index is -0.289. The van der Waals surface area contributed by atoms with E-state index in [1.165, 1.54) is 6.08 Å². The van der Waals surface area contributed by atoms with Crippen LogP contribution in [0, 0.1) is 5.92 Å². The third-order valence-corrected chi connectivity index (χ3v) is 2.07. The molecule has 0 saturated heterocycles. The van der Waals surface area contributed by atoms with E-state index in [1.807, 2.05) is 0 Å². The number of carbonyl (C=O) groups is 1. The van der Waals surface area contributed by atoms with Crippen molar-refractivity contribution >= 4 is 5.97 Å². The summed E-state index contributed by atoms with van der Waals surface area (Å²) in [5.41, 5.74) is 0. The predicted molar refractivity (Wildman–Crippen MR) is 68.9 cm³/mol. The van der Waals surface area contributed by atoms with Gasteiger partial charge in [0.15, 0.2) is 0 Å². The largest absolute Gasteiger partial charge is 0.463 e. The maximum Gasteiger partial charge on any atom is 0.330 e. The third-order valence-electron chi connectivity index (χ3n) is 2.07. The van der Waals surface area contributed by atoms with Crippen molar-refractivity contribution in [3.8, 4) is 0 Å². The van der Waals surface area contributed by atoms with Gasteiger partial charge in [0.1, 0.15) is 0 Å². The van der Waals surface area contributed by atoms with E-state index in [9.17, 15) is 4.79 Å². The lowest BCUT2D eigenvalue weighted by Gasteiger charge is -2.06. The van der Waals surface area contributed by atoms with Gasteiger partial charge in [-0.3, -0.25) is 0 Å². The zero-order valence-corrected chi connectivity index (χ0v) is 11.2. The predicted octanol–water partition coefficient (Wildman–Crippen LogP) is 1.76. The molecule has 0 bridgehead atoms. The number of carbonyl (C=O) groups excluding carboxylic acids is 1. The maximum absolute atomic E-state index is 10.9. The van der Waals surface area contributed by atoms with Crippen LogP contribution in [-0.4, -0.2) is 38.9 Å². The highest BCUT2D eigenvalue weighted by Gasteiger charge is 1.94. The molecule has 0 unspecified atom stereocenters. The average Bonchev–Trinajstić information content (AvgIpc) is 2.27. The van der Waals surface area contributed by atoms with Gasteiger partial charge < -0.3 is 14.8 Å². The second-order valence-corrected chi connectivity index (χ2v) is 4.15. The summed E-state index contributed by atoms with van der Waals surface area (Å²) in [5.74, 6) is 0.401. The molecule has 1 N–H and O–H groups in total. The first-order valence-corrected chi connectivity index (χ1v) is 6.28. The van der Waals surface area contributed by atoms with Gasteiger partial charge in [0, 0.05) is 25.8 Å². The summed E-state index contributed by atoms with van der Waals surface area (Å²) in [4.78, 5) is 10.9. The first-order valence-electron chi connectivity index (χ1n) is 6.28. The molecule has 4 heteroatoms. The van der Waals surface area contributed by atoms with Crippen LogP contribution in [0.5, 0.6) is 0 Å². The van der Waals surface area contributed by atoms with Gasteiger partial charge >= 0.3 is 5.97 Å². The summed E-state index contributed by atoms with van der Waals surface area (Å²) in [6.45, 7) is 9.55. The molecule has 0 aliphatic rings. The van der Waals surface area contributed by atoms with Gasteiger partial charge in [-0.2, -0.15) is 0 Å². The van der Waals surface area contributed by atoms with Crippen LogP contribution in [0.3, 0.4) is 0 Å². The second-order valence-electron chi connectivity index (χ2n) is 4.15. The molecule has 0 aromatic heterocycles. The molecule has 0 spiro atoms. The zero-order valence-electron chi connectivity index (χ0n) is 11.2. The molecule has 17 heavy (non-hydrogen) atoms. The highest BCUT2D eigenvalue weighted by atomic mass is 16.5. The highest BCUT2D eigenvalue weighted by molar-refractivity contribution is 5.81. The molecule has 0 saturated carbocycles. The van der Waals surface area contributed by atoms with Crippen molar-refractivity contribution in [3.63, 3.8) is 0 Å². The van der Waals surface area contributed by atoms with Gasteiger partial charge in [-0.15, -0.1) is 0 Å². The molecule has 0 atom stereocenters. The molecular weight excluding hydrogens is 218 g/mol. The first kappa shape index (κ1) is 16.1. The average molecular weight is 243 g/mol. The molecule has 0 aromatic carbocycles. The van der Waals surface area contributed by atoms with Crippen LogP contribution >= 0.6 is 0 Å². The Hall–Kier alpha value is -0.870. The number of hydrogen-bond donors (Lipinski definition) is 1. The lowest BCUT2D eigenvalue weighted by atomic mass is 10.1. The molecule has 0 radical (unpaired) electrons. The van der Waals surface area contributed by atoms with Crippen LogP contribution in [0.4, 0.5) is 0 Å². The molecule has 100 valence electrons. The third kappa shape index (κ3) is 13.1. The van der Waals surface area contributed by atoms with E-state index in [0.29, 0.717) is 25.7 Å². The molecule has 0 aromatic rings. The first-order chi connectivity index (χ1) is 8.16. The van der Waals surface area contributed by atoms with E-state index in [4.69, 9.17) is 9.47 Å². The lowest BCUT2D eigenvalue weighted by Crippen LogP contribution is -2.20. The van der Waals surface area contributed by atoms with Gasteiger partial charge in [-0.1, -0.05) is 19.9 Å². The monoisotopic (exact) mass is 243 g/mol. The summed E-state index contributed by atoms with van der Waals surface area (Å²) in [5, 5.41) is 3.15. The van der Waals surface area contributed by atoms with E-state index < -0.39 is 0 Å². The van der Waals surface area contributed by atoms with Gasteiger partial charge in [-0.25, -0.2) is 4.79 Å². The van der Waals surface area contributed by atoms with Gasteiger partial charge in [-0.05, 0) is 19.3 Å². The maximum atomic E-state index is 10.9. The van der Waals surface area contributed by atoms with Crippen molar-refractivity contribution in [2.45, 2.75) is 27.2 Å². The van der Waals surface area contributed by atoms with Crippen molar-refractivity contribution in [1.82, 2.24) is 5.32 Å². The second kappa shape index (κ2) is 11.6. The Kier molecular flexibility index (Phi) is 11.0. The highest BCUT2D eigenvalue weighted by Crippen LogP contribution is 1.98. The van der Waals surface area contributed by atoms with Crippen molar-refractivity contribution in [1.29, 1.82) is 0 Å². The molecular formula is C13H25NO3. The van der Waals surface area contributed by atoms with E-state index >= 15 is 0 Å². The summed E-state index contributed by atoms with van der Waals surface area (Å²) >= 11 is 0. The Morgan fingerprint density at radius 1 is 1.35 bits per heavy atom. The molecule has 0 heterocycles. The molecule has 0 aliphatic heterocycles. The van der Waals surface area contributed by atoms with E-state index in [-0.39, 0.29) is 5.97 Å². The number of nitrogens with one attached hydrogen (secondary N) is 1. The van der Waals surface area contributed by atoms with Crippen LogP contribution in [0.25, 0.3) is 0 Å². The summed E-state index contributed by atoms with van der Waals surface area (Å²) < 4.78 is 10.2. The normalized spacial score (nSPS) is 11.3. The van der Waals surface area contributed by atoms with Crippen molar-refractivity contribution < 1.29 is 14.3 Å². The Bertz CT molecular complexity index is 215. The Morgan fingerprint density at radius 3 is 2.76 bits per heavy atom. The number of hydrogen-bond acceptors (Lipinski definition) is 4. The quantitative estimate of drug-likeness (QED) is 0.361. The van der Waals surface area contributed by atoms with Gasteiger partial charge in [0.05, 0.1) is 13.2 Å². The van der Waals surface area contributed by atoms with E-state index in [2.05, 4.69) is 19.2 Å². The van der Waals surface area contributed by atoms with E-state index in [0.717, 1.165) is 19.6 Å². The fourth-order valence-electron chi connectivity index (χ4n) is 1.10. The number of ether oxygens (including phenoxy) is 2. The van der Waals surface area contributed by atoms with Crippen molar-refractivity contribution in [3.05, 3.63) is 12.2 Å². The molecule has 4 nitrogen and oxygen atoms in total. The molecule has 0 amide bonds.